The van der Waals surface area contributed by atoms with E-state index in [1.54, 1.807) is 48.5 Å². The molecule has 2 saturated heterocycles. The van der Waals surface area contributed by atoms with Crippen molar-refractivity contribution in [2.45, 2.75) is 5.41 Å². The lowest BCUT2D eigenvalue weighted by Gasteiger charge is -2.53. The van der Waals surface area contributed by atoms with Gasteiger partial charge >= 0.3 is 0 Å². The quantitative estimate of drug-likeness (QED) is 0.343. The first-order valence-electron chi connectivity index (χ1n) is 12.4. The van der Waals surface area contributed by atoms with Crippen LogP contribution in [0.3, 0.4) is 0 Å². The van der Waals surface area contributed by atoms with E-state index in [1.807, 2.05) is 42.5 Å². The molecule has 1 saturated carbocycles. The van der Waals surface area contributed by atoms with Crippen LogP contribution in [0.4, 0.5) is 11.4 Å². The lowest BCUT2D eigenvalue weighted by molar-refractivity contribution is -0.140. The molecule has 0 radical (unpaired) electrons. The van der Waals surface area contributed by atoms with E-state index in [2.05, 4.69) is 0 Å². The van der Waals surface area contributed by atoms with Gasteiger partial charge in [-0.25, -0.2) is 9.80 Å². The van der Waals surface area contributed by atoms with Crippen LogP contribution in [0.25, 0.3) is 0 Å². The van der Waals surface area contributed by atoms with Gasteiger partial charge in [-0.15, -0.1) is 0 Å². The third kappa shape index (κ3) is 2.90. The smallest absolute Gasteiger partial charge is 0.238 e. The van der Waals surface area contributed by atoms with Crippen molar-refractivity contribution in [1.82, 2.24) is 0 Å². The van der Waals surface area contributed by atoms with Gasteiger partial charge in [0, 0.05) is 21.4 Å². The van der Waals surface area contributed by atoms with Gasteiger partial charge in [-0.05, 0) is 42.0 Å². The molecule has 8 rings (SSSR count). The van der Waals surface area contributed by atoms with Gasteiger partial charge in [0.15, 0.2) is 0 Å². The van der Waals surface area contributed by atoms with Crippen molar-refractivity contribution in [3.05, 3.63) is 107 Å². The van der Waals surface area contributed by atoms with Crippen molar-refractivity contribution in [1.29, 1.82) is 0 Å². The van der Waals surface area contributed by atoms with Crippen LogP contribution in [0.5, 0.6) is 0 Å². The van der Waals surface area contributed by atoms with E-state index in [4.69, 9.17) is 23.2 Å². The second-order valence-corrected chi connectivity index (χ2v) is 11.1. The molecule has 2 unspecified atom stereocenters. The Labute approximate surface area is 228 Å². The third-order valence-corrected chi connectivity index (χ3v) is 9.03. The zero-order valence-electron chi connectivity index (χ0n) is 19.8. The minimum Gasteiger partial charge on any atom is -0.274 e. The first-order chi connectivity index (χ1) is 18.3. The molecule has 8 heteroatoms. The van der Waals surface area contributed by atoms with Crippen LogP contribution in [0.2, 0.25) is 10.0 Å². The van der Waals surface area contributed by atoms with Gasteiger partial charge in [-0.3, -0.25) is 19.2 Å². The van der Waals surface area contributed by atoms with Crippen molar-refractivity contribution in [3.63, 3.8) is 0 Å². The molecule has 0 N–H and O–H groups in total. The van der Waals surface area contributed by atoms with Crippen molar-refractivity contribution < 1.29 is 19.2 Å². The predicted octanol–water partition coefficient (Wildman–Crippen LogP) is 5.04. The van der Waals surface area contributed by atoms with Crippen LogP contribution < -0.4 is 9.80 Å². The standard InChI is InChI=1S/C30H20Cl2N2O4/c31-17-8-4-10-19(14-17)33-26(35)22-21-12-13-30(24(22)28(33)37,16-6-2-1-3-7-16)25-23(21)27(36)34(29(25)38)20-11-5-9-18(32)15-20/h1-15,21-25H/t21?,22-,23+,24-,25-,30?/m1/s1. The average Bonchev–Trinajstić information content (AvgIpc) is 3.36. The Kier molecular flexibility index (Phi) is 5.00. The summed E-state index contributed by atoms with van der Waals surface area (Å²) in [5.74, 6) is -5.40. The Morgan fingerprint density at radius 3 is 1.58 bits per heavy atom. The average molecular weight is 543 g/mol. The minimum atomic E-state index is -1.18. The van der Waals surface area contributed by atoms with Gasteiger partial charge in [0.2, 0.25) is 23.6 Å². The lowest BCUT2D eigenvalue weighted by Crippen LogP contribution is -2.60. The molecular weight excluding hydrogens is 523 g/mol. The SMILES string of the molecule is O=C1[C@@H]2C3C=CC(c4ccccc4)([C@H]2C(=O)N1c1cccc(Cl)c1)[C@H]1C(=O)N(c2cccc(Cl)c2)C(=O)[C@@H]31. The maximum absolute atomic E-state index is 14.2. The number of rotatable bonds is 3. The number of hydrogen-bond donors (Lipinski definition) is 0. The molecule has 4 amide bonds. The summed E-state index contributed by atoms with van der Waals surface area (Å²) in [6, 6.07) is 22.5. The molecule has 3 aliphatic carbocycles. The van der Waals surface area contributed by atoms with Gasteiger partial charge in [0.25, 0.3) is 0 Å². The number of imide groups is 2. The van der Waals surface area contributed by atoms with Crippen LogP contribution in [-0.4, -0.2) is 23.6 Å². The van der Waals surface area contributed by atoms with Gasteiger partial charge in [0.05, 0.1) is 35.0 Å². The third-order valence-electron chi connectivity index (χ3n) is 8.56. The zero-order valence-corrected chi connectivity index (χ0v) is 21.3. The van der Waals surface area contributed by atoms with Crippen LogP contribution >= 0.6 is 23.2 Å². The predicted molar refractivity (Wildman–Crippen MR) is 143 cm³/mol. The summed E-state index contributed by atoms with van der Waals surface area (Å²) >= 11 is 12.4. The molecule has 5 aliphatic rings. The van der Waals surface area contributed by atoms with Gasteiger partial charge in [-0.2, -0.15) is 0 Å². The Morgan fingerprint density at radius 1 is 0.605 bits per heavy atom. The molecule has 0 aromatic heterocycles. The van der Waals surface area contributed by atoms with Crippen molar-refractivity contribution >= 4 is 58.2 Å². The molecule has 2 aliphatic heterocycles. The number of anilines is 2. The molecule has 3 aromatic rings. The van der Waals surface area contributed by atoms with Crippen LogP contribution in [-0.2, 0) is 24.6 Å². The van der Waals surface area contributed by atoms with E-state index in [9.17, 15) is 19.2 Å². The van der Waals surface area contributed by atoms with Gasteiger partial charge in [-0.1, -0.05) is 77.8 Å². The minimum absolute atomic E-state index is 0.378. The number of carbonyl (C=O) groups is 4. The van der Waals surface area contributed by atoms with E-state index in [1.165, 1.54) is 9.80 Å². The number of carbonyl (C=O) groups excluding carboxylic acids is 4. The maximum atomic E-state index is 14.2. The van der Waals surface area contributed by atoms with Gasteiger partial charge in [0.1, 0.15) is 0 Å². The molecular formula is C30H20Cl2N2O4. The molecule has 6 atom stereocenters. The second kappa shape index (κ2) is 8.13. The van der Waals surface area contributed by atoms with Crippen molar-refractivity contribution in [3.8, 4) is 0 Å². The Balaban J connectivity index is 1.43. The molecule has 3 fully saturated rings. The first kappa shape index (κ1) is 23.4. The number of allylic oxidation sites excluding steroid dienone is 2. The zero-order chi connectivity index (χ0) is 26.3. The highest BCUT2D eigenvalue weighted by molar-refractivity contribution is 6.32. The maximum Gasteiger partial charge on any atom is 0.238 e. The van der Waals surface area contributed by atoms with E-state index in [0.29, 0.717) is 21.4 Å². The number of benzene rings is 3. The molecule has 6 nitrogen and oxygen atoms in total. The number of nitrogens with zero attached hydrogens (tertiary/aromatic N) is 2. The molecule has 188 valence electrons. The Bertz CT molecular complexity index is 1500. The van der Waals surface area contributed by atoms with E-state index < -0.39 is 35.0 Å². The summed E-state index contributed by atoms with van der Waals surface area (Å²) in [5.41, 5.74) is 0.314. The fourth-order valence-corrected chi connectivity index (χ4v) is 7.59. The van der Waals surface area contributed by atoms with Crippen LogP contribution in [0.15, 0.2) is 91.0 Å². The van der Waals surface area contributed by atoms with Crippen molar-refractivity contribution in [2.75, 3.05) is 9.80 Å². The molecule has 3 aromatic carbocycles. The lowest BCUT2D eigenvalue weighted by atomic mass is 9.45. The second-order valence-electron chi connectivity index (χ2n) is 10.2. The highest BCUT2D eigenvalue weighted by Gasteiger charge is 2.75. The highest BCUT2D eigenvalue weighted by atomic mass is 35.5. The summed E-state index contributed by atoms with van der Waals surface area (Å²) in [5, 5.41) is 0.799. The van der Waals surface area contributed by atoms with Gasteiger partial charge < -0.3 is 0 Å². The summed E-state index contributed by atoms with van der Waals surface area (Å²) in [4.78, 5) is 58.8. The Morgan fingerprint density at radius 2 is 1.11 bits per heavy atom. The molecule has 38 heavy (non-hydrogen) atoms. The number of amides is 4. The van der Waals surface area contributed by atoms with Crippen LogP contribution in [0.1, 0.15) is 5.56 Å². The fourth-order valence-electron chi connectivity index (χ4n) is 7.22. The summed E-state index contributed by atoms with van der Waals surface area (Å²) in [7, 11) is 0. The first-order valence-corrected chi connectivity index (χ1v) is 13.1. The fraction of sp³-hybridized carbons (Fsp3) is 0.200. The van der Waals surface area contributed by atoms with E-state index in [0.717, 1.165) is 5.56 Å². The molecule has 2 heterocycles. The largest absolute Gasteiger partial charge is 0.274 e. The number of halogens is 2. The normalized spacial score (nSPS) is 31.3. The Hall–Kier alpha value is -3.74. The summed E-state index contributed by atoms with van der Waals surface area (Å²) in [6.07, 6.45) is 3.77. The van der Waals surface area contributed by atoms with E-state index in [-0.39, 0.29) is 23.6 Å². The topological polar surface area (TPSA) is 74.8 Å². The molecule has 0 spiro atoms. The van der Waals surface area contributed by atoms with Crippen molar-refractivity contribution in [2.24, 2.45) is 29.6 Å². The monoisotopic (exact) mass is 542 g/mol. The highest BCUT2D eigenvalue weighted by Crippen LogP contribution is 2.65. The van der Waals surface area contributed by atoms with Crippen LogP contribution in [0, 0.1) is 29.6 Å². The molecule has 2 bridgehead atoms. The summed E-state index contributed by atoms with van der Waals surface area (Å²) in [6.45, 7) is 0. The van der Waals surface area contributed by atoms with E-state index >= 15 is 0 Å². The number of hydrogen-bond acceptors (Lipinski definition) is 4. The summed E-state index contributed by atoms with van der Waals surface area (Å²) < 4.78 is 0.